The highest BCUT2D eigenvalue weighted by Crippen LogP contribution is 2.17. The summed E-state index contributed by atoms with van der Waals surface area (Å²) in [5.74, 6) is 0.145. The molecule has 1 fully saturated rings. The van der Waals surface area contributed by atoms with E-state index in [0.717, 1.165) is 25.2 Å². The third kappa shape index (κ3) is 4.24. The van der Waals surface area contributed by atoms with Crippen molar-refractivity contribution in [3.05, 3.63) is 59.5 Å². The number of carbonyl (C=O) groups excluding carboxylic acids is 1. The zero-order chi connectivity index (χ0) is 16.9. The number of furan rings is 1. The van der Waals surface area contributed by atoms with Gasteiger partial charge >= 0.3 is 0 Å². The molecule has 128 valence electrons. The molecule has 1 amide bonds. The number of morpholine rings is 1. The van der Waals surface area contributed by atoms with Gasteiger partial charge in [0.2, 0.25) is 0 Å². The molecular formula is C19H24N2O3. The molecule has 1 N–H and O–H groups in total. The Balaban J connectivity index is 1.63. The number of carbonyl (C=O) groups is 1. The van der Waals surface area contributed by atoms with E-state index in [0.29, 0.717) is 12.3 Å². The third-order valence-electron chi connectivity index (χ3n) is 4.19. The predicted octanol–water partition coefficient (Wildman–Crippen LogP) is 2.82. The smallest absolute Gasteiger partial charge is 0.287 e. The van der Waals surface area contributed by atoms with Gasteiger partial charge in [0.1, 0.15) is 0 Å². The molecule has 2 heterocycles. The van der Waals surface area contributed by atoms with E-state index in [1.54, 1.807) is 12.1 Å². The fourth-order valence-electron chi connectivity index (χ4n) is 3.21. The molecule has 1 aromatic carbocycles. The predicted molar refractivity (Wildman–Crippen MR) is 91.6 cm³/mol. The molecule has 0 spiro atoms. The number of ether oxygens (including phenoxy) is 1. The van der Waals surface area contributed by atoms with Crippen LogP contribution >= 0.6 is 0 Å². The Labute approximate surface area is 142 Å². The van der Waals surface area contributed by atoms with Gasteiger partial charge in [-0.05, 0) is 37.1 Å². The highest BCUT2D eigenvalue weighted by molar-refractivity contribution is 5.91. The van der Waals surface area contributed by atoms with Gasteiger partial charge in [-0.25, -0.2) is 0 Å². The lowest BCUT2D eigenvalue weighted by Crippen LogP contribution is -2.45. The van der Waals surface area contributed by atoms with Crippen LogP contribution in [0.15, 0.2) is 47.1 Å². The first-order chi connectivity index (χ1) is 11.6. The van der Waals surface area contributed by atoms with Gasteiger partial charge in [-0.15, -0.1) is 0 Å². The summed E-state index contributed by atoms with van der Waals surface area (Å²) in [7, 11) is 0. The number of nitrogens with zero attached hydrogens (tertiary/aromatic N) is 1. The highest BCUT2D eigenvalue weighted by Gasteiger charge is 2.22. The number of rotatable bonds is 5. The van der Waals surface area contributed by atoms with Gasteiger partial charge in [-0.1, -0.05) is 24.3 Å². The van der Waals surface area contributed by atoms with Gasteiger partial charge < -0.3 is 14.5 Å². The number of hydrogen-bond acceptors (Lipinski definition) is 4. The van der Waals surface area contributed by atoms with Crippen LogP contribution in [0.4, 0.5) is 0 Å². The molecular weight excluding hydrogens is 304 g/mol. The first kappa shape index (κ1) is 16.7. The Hall–Kier alpha value is -2.11. The van der Waals surface area contributed by atoms with Crippen molar-refractivity contribution in [2.75, 3.05) is 13.1 Å². The van der Waals surface area contributed by atoms with Crippen LogP contribution in [0.25, 0.3) is 0 Å². The maximum absolute atomic E-state index is 12.0. The second kappa shape index (κ2) is 7.64. The van der Waals surface area contributed by atoms with E-state index in [4.69, 9.17) is 9.15 Å². The van der Waals surface area contributed by atoms with Crippen LogP contribution in [-0.2, 0) is 17.8 Å². The SMILES string of the molecule is C[C@@H]1CN(Cc2ccccc2CNC(=O)c2ccco2)C[C@H](C)O1. The molecule has 24 heavy (non-hydrogen) atoms. The molecule has 2 aromatic rings. The maximum atomic E-state index is 12.0. The summed E-state index contributed by atoms with van der Waals surface area (Å²) in [5.41, 5.74) is 2.36. The summed E-state index contributed by atoms with van der Waals surface area (Å²) in [5, 5.41) is 2.92. The first-order valence-corrected chi connectivity index (χ1v) is 8.38. The lowest BCUT2D eigenvalue weighted by Gasteiger charge is -2.35. The molecule has 1 aromatic heterocycles. The lowest BCUT2D eigenvalue weighted by molar-refractivity contribution is -0.0705. The molecule has 5 nitrogen and oxygen atoms in total. The summed E-state index contributed by atoms with van der Waals surface area (Å²) in [6, 6.07) is 11.6. The molecule has 1 aliphatic rings. The van der Waals surface area contributed by atoms with Gasteiger partial charge in [-0.3, -0.25) is 9.69 Å². The number of amides is 1. The van der Waals surface area contributed by atoms with Gasteiger partial charge in [-0.2, -0.15) is 0 Å². The summed E-state index contributed by atoms with van der Waals surface area (Å²) in [4.78, 5) is 14.4. The normalized spacial score (nSPS) is 21.6. The van der Waals surface area contributed by atoms with Crippen molar-refractivity contribution in [1.29, 1.82) is 0 Å². The molecule has 0 saturated carbocycles. The Bertz CT molecular complexity index is 659. The minimum absolute atomic E-state index is 0.191. The van der Waals surface area contributed by atoms with Crippen LogP contribution in [0.3, 0.4) is 0 Å². The molecule has 2 atom stereocenters. The zero-order valence-electron chi connectivity index (χ0n) is 14.2. The summed E-state index contributed by atoms with van der Waals surface area (Å²) < 4.78 is 10.9. The second-order valence-corrected chi connectivity index (χ2v) is 6.38. The number of benzene rings is 1. The summed E-state index contributed by atoms with van der Waals surface area (Å²) in [6.45, 7) is 7.43. The maximum Gasteiger partial charge on any atom is 0.287 e. The fraction of sp³-hybridized carbons (Fsp3) is 0.421. The van der Waals surface area contributed by atoms with Crippen molar-refractivity contribution in [3.63, 3.8) is 0 Å². The van der Waals surface area contributed by atoms with Crippen molar-refractivity contribution in [1.82, 2.24) is 10.2 Å². The molecule has 5 heteroatoms. The minimum Gasteiger partial charge on any atom is -0.459 e. The average molecular weight is 328 g/mol. The molecule has 1 saturated heterocycles. The van der Waals surface area contributed by atoms with Crippen LogP contribution < -0.4 is 5.32 Å². The van der Waals surface area contributed by atoms with E-state index < -0.39 is 0 Å². The van der Waals surface area contributed by atoms with Gasteiger partial charge in [0.15, 0.2) is 5.76 Å². The van der Waals surface area contributed by atoms with E-state index in [2.05, 4.69) is 36.2 Å². The molecule has 0 radical (unpaired) electrons. The van der Waals surface area contributed by atoms with Crippen molar-refractivity contribution in [3.8, 4) is 0 Å². The van der Waals surface area contributed by atoms with E-state index in [1.807, 2.05) is 12.1 Å². The van der Waals surface area contributed by atoms with Crippen LogP contribution in [-0.4, -0.2) is 36.1 Å². The Morgan fingerprint density at radius 2 is 1.83 bits per heavy atom. The van der Waals surface area contributed by atoms with Gasteiger partial charge in [0.05, 0.1) is 18.5 Å². The van der Waals surface area contributed by atoms with Crippen molar-refractivity contribution in [2.45, 2.75) is 39.1 Å². The minimum atomic E-state index is -0.191. The topological polar surface area (TPSA) is 54.7 Å². The summed E-state index contributed by atoms with van der Waals surface area (Å²) >= 11 is 0. The van der Waals surface area contributed by atoms with Crippen LogP contribution in [0, 0.1) is 0 Å². The highest BCUT2D eigenvalue weighted by atomic mass is 16.5. The Morgan fingerprint density at radius 1 is 1.12 bits per heavy atom. The standard InChI is InChI=1S/C19H24N2O3/c1-14-11-21(12-15(2)24-14)13-17-7-4-3-6-16(17)10-20-19(22)18-8-5-9-23-18/h3-9,14-15H,10-13H2,1-2H3,(H,20,22)/t14-,15+. The number of hydrogen-bond donors (Lipinski definition) is 1. The first-order valence-electron chi connectivity index (χ1n) is 8.38. The summed E-state index contributed by atoms with van der Waals surface area (Å²) in [6.07, 6.45) is 2.00. The third-order valence-corrected chi connectivity index (χ3v) is 4.19. The van der Waals surface area contributed by atoms with Crippen LogP contribution in [0.1, 0.15) is 35.5 Å². The van der Waals surface area contributed by atoms with E-state index in [9.17, 15) is 4.79 Å². The molecule has 3 rings (SSSR count). The molecule has 0 bridgehead atoms. The number of nitrogens with one attached hydrogen (secondary N) is 1. The van der Waals surface area contributed by atoms with Gasteiger partial charge in [0, 0.05) is 26.2 Å². The molecule has 0 aliphatic carbocycles. The van der Waals surface area contributed by atoms with Crippen molar-refractivity contribution < 1.29 is 13.9 Å². The fourth-order valence-corrected chi connectivity index (χ4v) is 3.21. The lowest BCUT2D eigenvalue weighted by atomic mass is 10.1. The molecule has 1 aliphatic heterocycles. The van der Waals surface area contributed by atoms with Crippen molar-refractivity contribution >= 4 is 5.91 Å². The largest absolute Gasteiger partial charge is 0.459 e. The molecule has 0 unspecified atom stereocenters. The van der Waals surface area contributed by atoms with Crippen molar-refractivity contribution in [2.24, 2.45) is 0 Å². The quantitative estimate of drug-likeness (QED) is 0.917. The van der Waals surface area contributed by atoms with E-state index in [1.165, 1.54) is 11.8 Å². The van der Waals surface area contributed by atoms with Crippen LogP contribution in [0.2, 0.25) is 0 Å². The zero-order valence-corrected chi connectivity index (χ0v) is 14.2. The van der Waals surface area contributed by atoms with E-state index >= 15 is 0 Å². The second-order valence-electron chi connectivity index (χ2n) is 6.38. The van der Waals surface area contributed by atoms with Gasteiger partial charge in [0.25, 0.3) is 5.91 Å². The van der Waals surface area contributed by atoms with Crippen LogP contribution in [0.5, 0.6) is 0 Å². The van der Waals surface area contributed by atoms with E-state index in [-0.39, 0.29) is 18.1 Å². The Kier molecular flexibility index (Phi) is 5.33. The average Bonchev–Trinajstić information content (AvgIpc) is 3.07. The Morgan fingerprint density at radius 3 is 2.50 bits per heavy atom. The monoisotopic (exact) mass is 328 g/mol.